The Labute approximate surface area is 134 Å². The highest BCUT2D eigenvalue weighted by molar-refractivity contribution is 5.94. The van der Waals surface area contributed by atoms with Gasteiger partial charge in [-0.2, -0.15) is 0 Å². The zero-order valence-corrected chi connectivity index (χ0v) is 13.1. The third-order valence-corrected chi connectivity index (χ3v) is 4.88. The van der Waals surface area contributed by atoms with Crippen molar-refractivity contribution in [3.05, 3.63) is 41.3 Å². The molecule has 6 nitrogen and oxygen atoms in total. The van der Waals surface area contributed by atoms with Crippen LogP contribution in [0.4, 0.5) is 0 Å². The van der Waals surface area contributed by atoms with Crippen LogP contribution in [0.2, 0.25) is 0 Å². The standard InChI is InChI=1S/C17H20N4O2/c22-17(16-13-5-1-2-6-15(13)23-20-16)21-9-3-4-12(10-21)14-7-8-18-11-19-14/h7-8,11-12H,1-6,9-10H2. The summed E-state index contributed by atoms with van der Waals surface area (Å²) in [6, 6.07) is 1.94. The van der Waals surface area contributed by atoms with E-state index >= 15 is 0 Å². The number of piperidine rings is 1. The lowest BCUT2D eigenvalue weighted by Crippen LogP contribution is -2.39. The summed E-state index contributed by atoms with van der Waals surface area (Å²) in [6.07, 6.45) is 9.41. The van der Waals surface area contributed by atoms with Crippen molar-refractivity contribution in [2.24, 2.45) is 0 Å². The van der Waals surface area contributed by atoms with Crippen LogP contribution in [0.25, 0.3) is 0 Å². The maximum atomic E-state index is 12.9. The molecule has 0 spiro atoms. The van der Waals surface area contributed by atoms with Crippen molar-refractivity contribution in [2.75, 3.05) is 13.1 Å². The van der Waals surface area contributed by atoms with Crippen LogP contribution in [0.15, 0.2) is 23.1 Å². The molecule has 3 heterocycles. The van der Waals surface area contributed by atoms with E-state index in [0.717, 1.165) is 62.1 Å². The van der Waals surface area contributed by atoms with Crippen molar-refractivity contribution < 1.29 is 9.32 Å². The molecule has 1 aliphatic heterocycles. The van der Waals surface area contributed by atoms with E-state index in [4.69, 9.17) is 4.52 Å². The van der Waals surface area contributed by atoms with Crippen molar-refractivity contribution >= 4 is 5.91 Å². The maximum Gasteiger partial charge on any atom is 0.276 e. The lowest BCUT2D eigenvalue weighted by Gasteiger charge is -2.32. The predicted molar refractivity (Wildman–Crippen MR) is 83.1 cm³/mol. The summed E-state index contributed by atoms with van der Waals surface area (Å²) in [7, 11) is 0. The monoisotopic (exact) mass is 312 g/mol. The molecular weight excluding hydrogens is 292 g/mol. The highest BCUT2D eigenvalue weighted by Crippen LogP contribution is 2.29. The van der Waals surface area contributed by atoms with Crippen molar-refractivity contribution in [1.29, 1.82) is 0 Å². The van der Waals surface area contributed by atoms with Gasteiger partial charge < -0.3 is 9.42 Å². The molecule has 120 valence electrons. The SMILES string of the molecule is O=C(c1noc2c1CCCC2)N1CCCC(c2ccncn2)C1. The fourth-order valence-electron chi connectivity index (χ4n) is 3.65. The van der Waals surface area contributed by atoms with E-state index in [1.165, 1.54) is 0 Å². The van der Waals surface area contributed by atoms with Crippen molar-refractivity contribution in [1.82, 2.24) is 20.0 Å². The van der Waals surface area contributed by atoms with Crippen LogP contribution < -0.4 is 0 Å². The summed E-state index contributed by atoms with van der Waals surface area (Å²) >= 11 is 0. The quantitative estimate of drug-likeness (QED) is 0.851. The Kier molecular flexibility index (Phi) is 3.81. The zero-order chi connectivity index (χ0) is 15.6. The molecule has 4 rings (SSSR count). The lowest BCUT2D eigenvalue weighted by atomic mass is 9.93. The van der Waals surface area contributed by atoms with Gasteiger partial charge >= 0.3 is 0 Å². The van der Waals surface area contributed by atoms with E-state index in [0.29, 0.717) is 12.2 Å². The fourth-order valence-corrected chi connectivity index (χ4v) is 3.65. The molecule has 2 aromatic rings. The second kappa shape index (κ2) is 6.10. The smallest absolute Gasteiger partial charge is 0.276 e. The third kappa shape index (κ3) is 2.73. The van der Waals surface area contributed by atoms with Gasteiger partial charge in [0.05, 0.1) is 0 Å². The van der Waals surface area contributed by atoms with Crippen LogP contribution in [0.1, 0.15) is 59.1 Å². The summed E-state index contributed by atoms with van der Waals surface area (Å²) in [5, 5.41) is 4.08. The van der Waals surface area contributed by atoms with Gasteiger partial charge in [0.2, 0.25) is 0 Å². The Morgan fingerprint density at radius 1 is 1.26 bits per heavy atom. The molecule has 0 aromatic carbocycles. The van der Waals surface area contributed by atoms with Gasteiger partial charge in [-0.25, -0.2) is 9.97 Å². The molecule has 2 aromatic heterocycles. The molecule has 1 saturated heterocycles. The fraction of sp³-hybridized carbons (Fsp3) is 0.529. The van der Waals surface area contributed by atoms with Crippen LogP contribution >= 0.6 is 0 Å². The molecule has 0 N–H and O–H groups in total. The number of rotatable bonds is 2. The van der Waals surface area contributed by atoms with E-state index in [1.54, 1.807) is 12.5 Å². The summed E-state index contributed by atoms with van der Waals surface area (Å²) in [5.74, 6) is 1.19. The van der Waals surface area contributed by atoms with Gasteiger partial charge in [0.15, 0.2) is 5.69 Å². The van der Waals surface area contributed by atoms with Crippen molar-refractivity contribution in [3.8, 4) is 0 Å². The lowest BCUT2D eigenvalue weighted by molar-refractivity contribution is 0.0694. The van der Waals surface area contributed by atoms with Crippen LogP contribution in [0.5, 0.6) is 0 Å². The number of nitrogens with zero attached hydrogens (tertiary/aromatic N) is 4. The number of aryl methyl sites for hydroxylation is 1. The summed E-state index contributed by atoms with van der Waals surface area (Å²) in [5.41, 5.74) is 2.58. The number of fused-ring (bicyclic) bond motifs is 1. The first-order valence-electron chi connectivity index (χ1n) is 8.35. The molecular formula is C17H20N4O2. The third-order valence-electron chi connectivity index (χ3n) is 4.88. The number of amides is 1. The number of aromatic nitrogens is 3. The Morgan fingerprint density at radius 3 is 3.04 bits per heavy atom. The number of carbonyl (C=O) groups excluding carboxylic acids is 1. The van der Waals surface area contributed by atoms with Crippen LogP contribution in [-0.4, -0.2) is 39.0 Å². The Bertz CT molecular complexity index is 698. The molecule has 1 atom stereocenters. The molecule has 1 aliphatic carbocycles. The van der Waals surface area contributed by atoms with Gasteiger partial charge in [-0.05, 0) is 38.2 Å². The van der Waals surface area contributed by atoms with Crippen LogP contribution in [-0.2, 0) is 12.8 Å². The number of hydrogen-bond donors (Lipinski definition) is 0. The Hall–Kier alpha value is -2.24. The van der Waals surface area contributed by atoms with Crippen LogP contribution in [0.3, 0.4) is 0 Å². The Morgan fingerprint density at radius 2 is 2.17 bits per heavy atom. The van der Waals surface area contributed by atoms with Crippen LogP contribution in [0, 0.1) is 0 Å². The topological polar surface area (TPSA) is 72.1 Å². The molecule has 1 fully saturated rings. The maximum absolute atomic E-state index is 12.9. The van der Waals surface area contributed by atoms with Crippen molar-refractivity contribution in [2.45, 2.75) is 44.4 Å². The van der Waals surface area contributed by atoms with Gasteiger partial charge in [-0.3, -0.25) is 4.79 Å². The normalized spacial score (nSPS) is 21.0. The van der Waals surface area contributed by atoms with Gasteiger partial charge in [0, 0.05) is 42.9 Å². The second-order valence-electron chi connectivity index (χ2n) is 6.36. The van der Waals surface area contributed by atoms with Gasteiger partial charge in [-0.15, -0.1) is 0 Å². The summed E-state index contributed by atoms with van der Waals surface area (Å²) in [6.45, 7) is 1.47. The molecule has 6 heteroatoms. The first kappa shape index (κ1) is 14.4. The molecule has 0 bridgehead atoms. The zero-order valence-electron chi connectivity index (χ0n) is 13.1. The van der Waals surface area contributed by atoms with E-state index in [2.05, 4.69) is 15.1 Å². The number of hydrogen-bond acceptors (Lipinski definition) is 5. The Balaban J connectivity index is 1.53. The number of likely N-dealkylation sites (tertiary alicyclic amines) is 1. The molecule has 23 heavy (non-hydrogen) atoms. The van der Waals surface area contributed by atoms with Crippen molar-refractivity contribution in [3.63, 3.8) is 0 Å². The number of carbonyl (C=O) groups is 1. The average Bonchev–Trinajstić information content (AvgIpc) is 3.06. The molecule has 0 saturated carbocycles. The summed E-state index contributed by atoms with van der Waals surface area (Å²) in [4.78, 5) is 23.1. The molecule has 1 amide bonds. The predicted octanol–water partition coefficient (Wildman–Crippen LogP) is 2.36. The summed E-state index contributed by atoms with van der Waals surface area (Å²) < 4.78 is 5.39. The highest BCUT2D eigenvalue weighted by atomic mass is 16.5. The van der Waals surface area contributed by atoms with E-state index in [-0.39, 0.29) is 11.8 Å². The van der Waals surface area contributed by atoms with E-state index < -0.39 is 0 Å². The minimum atomic E-state index is 0.00987. The first-order valence-corrected chi connectivity index (χ1v) is 8.35. The van der Waals surface area contributed by atoms with Gasteiger partial charge in [-0.1, -0.05) is 5.16 Å². The highest BCUT2D eigenvalue weighted by Gasteiger charge is 2.31. The van der Waals surface area contributed by atoms with E-state index in [9.17, 15) is 4.79 Å². The molecule has 2 aliphatic rings. The minimum Gasteiger partial charge on any atom is -0.360 e. The largest absolute Gasteiger partial charge is 0.360 e. The van der Waals surface area contributed by atoms with E-state index in [1.807, 2.05) is 11.0 Å². The first-order chi connectivity index (χ1) is 11.3. The average molecular weight is 312 g/mol. The second-order valence-corrected chi connectivity index (χ2v) is 6.36. The minimum absolute atomic E-state index is 0.00987. The molecule has 1 unspecified atom stereocenters. The molecule has 0 radical (unpaired) electrons. The van der Waals surface area contributed by atoms with Gasteiger partial charge in [0.1, 0.15) is 12.1 Å². The van der Waals surface area contributed by atoms with Gasteiger partial charge in [0.25, 0.3) is 5.91 Å².